The molecule has 0 bridgehead atoms. The molecule has 3 nitrogen and oxygen atoms in total. The molecule has 0 spiro atoms. The number of hydrogen-bond acceptors (Lipinski definition) is 3. The Balaban J connectivity index is 2.02. The van der Waals surface area contributed by atoms with Crippen LogP contribution in [0.4, 0.5) is 0 Å². The van der Waals surface area contributed by atoms with Crippen LogP contribution < -0.4 is 5.32 Å². The Morgan fingerprint density at radius 1 is 1.20 bits per heavy atom. The molecule has 3 atom stereocenters. The van der Waals surface area contributed by atoms with E-state index in [-0.39, 0.29) is 0 Å². The highest BCUT2D eigenvalue weighted by molar-refractivity contribution is 5.08. The van der Waals surface area contributed by atoms with Crippen LogP contribution in [0.5, 0.6) is 0 Å². The molecular formula is C17H29N3. The Hall–Kier alpha value is -0.960. The number of nitrogens with zero attached hydrogens (tertiary/aromatic N) is 2. The first-order valence-electron chi connectivity index (χ1n) is 8.31. The Bertz CT molecular complexity index is 366. The van der Waals surface area contributed by atoms with E-state index in [1.807, 2.05) is 12.4 Å². The molecule has 1 aromatic rings. The third-order valence-electron chi connectivity index (χ3n) is 4.60. The van der Waals surface area contributed by atoms with Crippen LogP contribution >= 0.6 is 0 Å². The average molecular weight is 275 g/mol. The van der Waals surface area contributed by atoms with E-state index >= 15 is 0 Å². The van der Waals surface area contributed by atoms with Gasteiger partial charge in [-0.15, -0.1) is 0 Å². The molecule has 0 radical (unpaired) electrons. The van der Waals surface area contributed by atoms with Crippen LogP contribution in [-0.2, 0) is 0 Å². The molecule has 1 aromatic heterocycles. The molecule has 1 saturated carbocycles. The summed E-state index contributed by atoms with van der Waals surface area (Å²) in [5.41, 5.74) is 1.21. The van der Waals surface area contributed by atoms with Crippen molar-refractivity contribution in [2.45, 2.75) is 58.3 Å². The van der Waals surface area contributed by atoms with Gasteiger partial charge in [-0.2, -0.15) is 0 Å². The summed E-state index contributed by atoms with van der Waals surface area (Å²) in [4.78, 5) is 8.86. The average Bonchev–Trinajstić information content (AvgIpc) is 2.50. The molecule has 0 amide bonds. The van der Waals surface area contributed by atoms with Crippen molar-refractivity contribution >= 4 is 0 Å². The van der Waals surface area contributed by atoms with Crippen molar-refractivity contribution in [1.82, 2.24) is 15.3 Å². The van der Waals surface area contributed by atoms with Crippen LogP contribution in [0.1, 0.15) is 64.0 Å². The third-order valence-corrected chi connectivity index (χ3v) is 4.60. The number of nitrogens with one attached hydrogen (secondary N) is 1. The fourth-order valence-corrected chi connectivity index (χ4v) is 3.56. The van der Waals surface area contributed by atoms with Gasteiger partial charge in [0, 0.05) is 24.5 Å². The Morgan fingerprint density at radius 3 is 2.80 bits per heavy atom. The first kappa shape index (κ1) is 15.4. The van der Waals surface area contributed by atoms with Crippen LogP contribution in [0.15, 0.2) is 18.6 Å². The summed E-state index contributed by atoms with van der Waals surface area (Å²) in [5.74, 6) is 2.21. The molecule has 0 aliphatic heterocycles. The zero-order chi connectivity index (χ0) is 14.2. The monoisotopic (exact) mass is 275 g/mol. The molecule has 112 valence electrons. The molecule has 3 unspecified atom stereocenters. The van der Waals surface area contributed by atoms with Crippen molar-refractivity contribution in [2.24, 2.45) is 11.8 Å². The first-order chi connectivity index (χ1) is 9.85. The molecule has 0 saturated heterocycles. The van der Waals surface area contributed by atoms with Gasteiger partial charge in [0.25, 0.3) is 0 Å². The van der Waals surface area contributed by atoms with Crippen LogP contribution in [0, 0.1) is 11.8 Å². The van der Waals surface area contributed by atoms with Crippen LogP contribution in [0.3, 0.4) is 0 Å². The fourth-order valence-electron chi connectivity index (χ4n) is 3.56. The summed E-state index contributed by atoms with van der Waals surface area (Å²) in [6.45, 7) is 6.79. The lowest BCUT2D eigenvalue weighted by atomic mass is 9.71. The van der Waals surface area contributed by atoms with Crippen molar-refractivity contribution in [1.29, 1.82) is 0 Å². The lowest BCUT2D eigenvalue weighted by Crippen LogP contribution is -2.32. The van der Waals surface area contributed by atoms with Gasteiger partial charge in [0.2, 0.25) is 0 Å². The van der Waals surface area contributed by atoms with Crippen molar-refractivity contribution in [3.05, 3.63) is 24.3 Å². The van der Waals surface area contributed by atoms with E-state index in [1.165, 1.54) is 44.2 Å². The summed E-state index contributed by atoms with van der Waals surface area (Å²) < 4.78 is 0. The summed E-state index contributed by atoms with van der Waals surface area (Å²) in [5, 5.41) is 3.60. The minimum Gasteiger partial charge on any atom is -0.316 e. The van der Waals surface area contributed by atoms with Crippen molar-refractivity contribution < 1.29 is 0 Å². The molecule has 1 fully saturated rings. The molecule has 3 heteroatoms. The SMILES string of the molecule is CCCNCC1CCC(CCC)CC1c1cnccn1. The molecule has 0 aromatic carbocycles. The van der Waals surface area contributed by atoms with E-state index < -0.39 is 0 Å². The van der Waals surface area contributed by atoms with E-state index in [0.29, 0.717) is 5.92 Å². The zero-order valence-corrected chi connectivity index (χ0v) is 13.0. The van der Waals surface area contributed by atoms with Gasteiger partial charge in [-0.25, -0.2) is 0 Å². The second-order valence-corrected chi connectivity index (χ2v) is 6.17. The molecule has 20 heavy (non-hydrogen) atoms. The summed E-state index contributed by atoms with van der Waals surface area (Å²) in [7, 11) is 0. The van der Waals surface area contributed by atoms with Gasteiger partial charge in [-0.1, -0.05) is 33.1 Å². The number of rotatable bonds is 7. The smallest absolute Gasteiger partial charge is 0.0620 e. The van der Waals surface area contributed by atoms with Crippen LogP contribution in [0.2, 0.25) is 0 Å². The maximum atomic E-state index is 4.59. The van der Waals surface area contributed by atoms with Crippen LogP contribution in [-0.4, -0.2) is 23.1 Å². The summed E-state index contributed by atoms with van der Waals surface area (Å²) >= 11 is 0. The second kappa shape index (κ2) is 8.35. The van der Waals surface area contributed by atoms with Gasteiger partial charge < -0.3 is 5.32 Å². The van der Waals surface area contributed by atoms with Gasteiger partial charge in [0.1, 0.15) is 0 Å². The molecule has 2 rings (SSSR count). The minimum absolute atomic E-state index is 0.596. The maximum Gasteiger partial charge on any atom is 0.0620 e. The molecule has 1 heterocycles. The van der Waals surface area contributed by atoms with E-state index in [4.69, 9.17) is 0 Å². The molecule has 1 aliphatic carbocycles. The Kier molecular flexibility index (Phi) is 6.44. The highest BCUT2D eigenvalue weighted by Gasteiger charge is 2.31. The molecule has 1 N–H and O–H groups in total. The van der Waals surface area contributed by atoms with E-state index in [0.717, 1.165) is 24.9 Å². The first-order valence-corrected chi connectivity index (χ1v) is 8.31. The Labute approximate surface area is 123 Å². The van der Waals surface area contributed by atoms with E-state index in [1.54, 1.807) is 6.20 Å². The predicted octanol–water partition coefficient (Wildman–Crippen LogP) is 3.78. The van der Waals surface area contributed by atoms with Gasteiger partial charge >= 0.3 is 0 Å². The standard InChI is InChI=1S/C17H29N3/c1-3-5-14-6-7-15(12-18-8-4-2)16(11-14)17-13-19-9-10-20-17/h9-10,13-16,18H,3-8,11-12H2,1-2H3. The van der Waals surface area contributed by atoms with Crippen LogP contribution in [0.25, 0.3) is 0 Å². The van der Waals surface area contributed by atoms with Gasteiger partial charge in [0.05, 0.1) is 5.69 Å². The minimum atomic E-state index is 0.596. The van der Waals surface area contributed by atoms with Crippen molar-refractivity contribution in [3.8, 4) is 0 Å². The lowest BCUT2D eigenvalue weighted by Gasteiger charge is -2.36. The predicted molar refractivity (Wildman–Crippen MR) is 83.7 cm³/mol. The zero-order valence-electron chi connectivity index (χ0n) is 13.0. The number of aromatic nitrogens is 2. The normalized spacial score (nSPS) is 26.6. The summed E-state index contributed by atoms with van der Waals surface area (Å²) in [6.07, 6.45) is 13.5. The van der Waals surface area contributed by atoms with Gasteiger partial charge in [-0.3, -0.25) is 9.97 Å². The van der Waals surface area contributed by atoms with E-state index in [9.17, 15) is 0 Å². The van der Waals surface area contributed by atoms with Gasteiger partial charge in [-0.05, 0) is 44.2 Å². The van der Waals surface area contributed by atoms with Crippen molar-refractivity contribution in [3.63, 3.8) is 0 Å². The highest BCUT2D eigenvalue weighted by atomic mass is 14.9. The summed E-state index contributed by atoms with van der Waals surface area (Å²) in [6, 6.07) is 0. The fraction of sp³-hybridized carbons (Fsp3) is 0.765. The quantitative estimate of drug-likeness (QED) is 0.770. The topological polar surface area (TPSA) is 37.8 Å². The highest BCUT2D eigenvalue weighted by Crippen LogP contribution is 2.41. The largest absolute Gasteiger partial charge is 0.316 e. The lowest BCUT2D eigenvalue weighted by molar-refractivity contribution is 0.217. The molecular weight excluding hydrogens is 246 g/mol. The van der Waals surface area contributed by atoms with Crippen molar-refractivity contribution in [2.75, 3.05) is 13.1 Å². The maximum absolute atomic E-state index is 4.59. The number of hydrogen-bond donors (Lipinski definition) is 1. The van der Waals surface area contributed by atoms with E-state index in [2.05, 4.69) is 29.1 Å². The van der Waals surface area contributed by atoms with Gasteiger partial charge in [0.15, 0.2) is 0 Å². The second-order valence-electron chi connectivity index (χ2n) is 6.17. The Morgan fingerprint density at radius 2 is 2.10 bits per heavy atom. The molecule has 1 aliphatic rings. The third kappa shape index (κ3) is 4.27.